The van der Waals surface area contributed by atoms with Crippen molar-refractivity contribution in [2.24, 2.45) is 0 Å². The molecule has 144 valence electrons. The van der Waals surface area contributed by atoms with Gasteiger partial charge in [-0.15, -0.1) is 0 Å². The summed E-state index contributed by atoms with van der Waals surface area (Å²) in [7, 11) is 1.55. The van der Waals surface area contributed by atoms with Gasteiger partial charge in [-0.1, -0.05) is 0 Å². The van der Waals surface area contributed by atoms with Crippen molar-refractivity contribution >= 4 is 23.2 Å². The van der Waals surface area contributed by atoms with E-state index >= 15 is 0 Å². The molecule has 6 nitrogen and oxygen atoms in total. The van der Waals surface area contributed by atoms with Gasteiger partial charge in [0.05, 0.1) is 18.2 Å². The summed E-state index contributed by atoms with van der Waals surface area (Å²) < 4.78 is 42.8. The molecule has 0 aliphatic carbocycles. The number of hydrogen-bond donors (Lipinski definition) is 2. The third-order valence-corrected chi connectivity index (χ3v) is 3.73. The lowest BCUT2D eigenvalue weighted by atomic mass is 10.2. The quantitative estimate of drug-likeness (QED) is 0.673. The Morgan fingerprint density at radius 3 is 2.04 bits per heavy atom. The summed E-state index contributed by atoms with van der Waals surface area (Å²) in [5.74, 6) is 0.423. The Bertz CT molecular complexity index is 941. The minimum Gasteiger partial charge on any atom is -0.497 e. The predicted octanol–water partition coefficient (Wildman–Crippen LogP) is 4.50. The smallest absolute Gasteiger partial charge is 0.416 e. The molecule has 0 saturated carbocycles. The van der Waals surface area contributed by atoms with Crippen LogP contribution in [0.2, 0.25) is 0 Å². The number of anilines is 3. The molecule has 1 aromatic heterocycles. The number of rotatable bonds is 5. The zero-order valence-electron chi connectivity index (χ0n) is 14.6. The van der Waals surface area contributed by atoms with Crippen LogP contribution in [-0.4, -0.2) is 23.0 Å². The molecule has 0 spiro atoms. The average Bonchev–Trinajstić information content (AvgIpc) is 2.69. The van der Waals surface area contributed by atoms with Crippen molar-refractivity contribution in [1.82, 2.24) is 9.97 Å². The second-order valence-corrected chi connectivity index (χ2v) is 5.68. The van der Waals surface area contributed by atoms with Crippen molar-refractivity contribution < 1.29 is 22.7 Å². The summed E-state index contributed by atoms with van der Waals surface area (Å²) in [6.07, 6.45) is -1.76. The molecule has 1 heterocycles. The van der Waals surface area contributed by atoms with E-state index in [1.54, 1.807) is 31.4 Å². The van der Waals surface area contributed by atoms with E-state index in [0.717, 1.165) is 12.1 Å². The van der Waals surface area contributed by atoms with Crippen molar-refractivity contribution in [3.63, 3.8) is 0 Å². The second kappa shape index (κ2) is 7.95. The van der Waals surface area contributed by atoms with Crippen LogP contribution in [0.25, 0.3) is 0 Å². The second-order valence-electron chi connectivity index (χ2n) is 5.68. The molecule has 0 bridgehead atoms. The number of halogens is 3. The standard InChI is InChI=1S/C19H15F3N4O2/c1-28-16-8-6-14(7-9-16)25-17(27)12-10-23-18(24-11-12)26-15-4-2-13(3-5-15)19(20,21)22/h2-11H,1H3,(H,25,27)(H,23,24,26). The van der Waals surface area contributed by atoms with Gasteiger partial charge in [0, 0.05) is 23.8 Å². The fraction of sp³-hybridized carbons (Fsp3) is 0.105. The van der Waals surface area contributed by atoms with Gasteiger partial charge >= 0.3 is 6.18 Å². The summed E-state index contributed by atoms with van der Waals surface area (Å²) >= 11 is 0. The number of alkyl halides is 3. The zero-order chi connectivity index (χ0) is 20.1. The lowest BCUT2D eigenvalue weighted by molar-refractivity contribution is -0.137. The van der Waals surface area contributed by atoms with E-state index in [9.17, 15) is 18.0 Å². The third-order valence-electron chi connectivity index (χ3n) is 3.73. The van der Waals surface area contributed by atoms with Crippen LogP contribution >= 0.6 is 0 Å². The molecule has 28 heavy (non-hydrogen) atoms. The maximum atomic E-state index is 12.6. The van der Waals surface area contributed by atoms with E-state index in [1.807, 2.05) is 0 Å². The zero-order valence-corrected chi connectivity index (χ0v) is 14.6. The van der Waals surface area contributed by atoms with E-state index in [4.69, 9.17) is 4.74 Å². The topological polar surface area (TPSA) is 76.1 Å². The Hall–Kier alpha value is -3.62. The van der Waals surface area contributed by atoms with Crippen molar-refractivity contribution in [2.75, 3.05) is 17.7 Å². The Morgan fingerprint density at radius 1 is 0.929 bits per heavy atom. The number of carbonyl (C=O) groups excluding carboxylic acids is 1. The molecule has 0 fully saturated rings. The number of hydrogen-bond acceptors (Lipinski definition) is 5. The van der Waals surface area contributed by atoms with Crippen molar-refractivity contribution in [2.45, 2.75) is 6.18 Å². The first-order valence-corrected chi connectivity index (χ1v) is 8.07. The first-order chi connectivity index (χ1) is 13.3. The first kappa shape index (κ1) is 19.2. The fourth-order valence-electron chi connectivity index (χ4n) is 2.26. The lowest BCUT2D eigenvalue weighted by Gasteiger charge is -2.09. The molecule has 0 aliphatic rings. The van der Waals surface area contributed by atoms with Crippen LogP contribution < -0.4 is 15.4 Å². The fourth-order valence-corrected chi connectivity index (χ4v) is 2.26. The Morgan fingerprint density at radius 2 is 1.50 bits per heavy atom. The van der Waals surface area contributed by atoms with E-state index in [1.165, 1.54) is 24.5 Å². The van der Waals surface area contributed by atoms with Crippen molar-refractivity contribution in [3.05, 3.63) is 72.1 Å². The molecule has 0 saturated heterocycles. The summed E-state index contributed by atoms with van der Waals surface area (Å²) in [4.78, 5) is 20.2. The van der Waals surface area contributed by atoms with Gasteiger partial charge in [-0.25, -0.2) is 9.97 Å². The largest absolute Gasteiger partial charge is 0.497 e. The minimum absolute atomic E-state index is 0.153. The molecule has 9 heteroatoms. The molecule has 2 aromatic carbocycles. The van der Waals surface area contributed by atoms with Crippen LogP contribution in [-0.2, 0) is 6.18 Å². The van der Waals surface area contributed by atoms with Gasteiger partial charge in [0.15, 0.2) is 0 Å². The number of nitrogens with zero attached hydrogens (tertiary/aromatic N) is 2. The number of ether oxygens (including phenoxy) is 1. The number of methoxy groups -OCH3 is 1. The summed E-state index contributed by atoms with van der Waals surface area (Å²) in [6, 6.07) is 11.3. The molecular weight excluding hydrogens is 373 g/mol. The SMILES string of the molecule is COc1ccc(NC(=O)c2cnc(Nc3ccc(C(F)(F)F)cc3)nc2)cc1. The lowest BCUT2D eigenvalue weighted by Crippen LogP contribution is -2.13. The van der Waals surface area contributed by atoms with Crippen LogP contribution in [0.15, 0.2) is 60.9 Å². The highest BCUT2D eigenvalue weighted by Gasteiger charge is 2.29. The van der Waals surface area contributed by atoms with Crippen LogP contribution in [0.4, 0.5) is 30.5 Å². The normalized spacial score (nSPS) is 11.0. The number of amides is 1. The van der Waals surface area contributed by atoms with Gasteiger partial charge in [-0.3, -0.25) is 4.79 Å². The Labute approximate surface area is 158 Å². The van der Waals surface area contributed by atoms with Crippen LogP contribution in [0.3, 0.4) is 0 Å². The monoisotopic (exact) mass is 388 g/mol. The molecule has 1 amide bonds. The van der Waals surface area contributed by atoms with Gasteiger partial charge in [0.25, 0.3) is 5.91 Å². The number of nitrogens with one attached hydrogen (secondary N) is 2. The highest BCUT2D eigenvalue weighted by molar-refractivity contribution is 6.03. The predicted molar refractivity (Wildman–Crippen MR) is 97.7 cm³/mol. The molecule has 3 rings (SSSR count). The van der Waals surface area contributed by atoms with Gasteiger partial charge in [-0.05, 0) is 48.5 Å². The molecular formula is C19H15F3N4O2. The maximum absolute atomic E-state index is 12.6. The highest BCUT2D eigenvalue weighted by Crippen LogP contribution is 2.30. The first-order valence-electron chi connectivity index (χ1n) is 8.07. The Kier molecular flexibility index (Phi) is 5.44. The maximum Gasteiger partial charge on any atom is 0.416 e. The molecule has 0 atom stereocenters. The molecule has 3 aromatic rings. The van der Waals surface area contributed by atoms with Gasteiger partial charge in [-0.2, -0.15) is 13.2 Å². The van der Waals surface area contributed by atoms with Crippen molar-refractivity contribution in [3.8, 4) is 5.75 Å². The van der Waals surface area contributed by atoms with Crippen LogP contribution in [0.5, 0.6) is 5.75 Å². The number of aromatic nitrogens is 2. The van der Waals surface area contributed by atoms with Gasteiger partial charge < -0.3 is 15.4 Å². The Balaban J connectivity index is 1.63. The minimum atomic E-state index is -4.39. The molecule has 2 N–H and O–H groups in total. The summed E-state index contributed by atoms with van der Waals surface area (Å²) in [5, 5.41) is 5.47. The third kappa shape index (κ3) is 4.76. The van der Waals surface area contributed by atoms with E-state index in [-0.39, 0.29) is 11.5 Å². The summed E-state index contributed by atoms with van der Waals surface area (Å²) in [6.45, 7) is 0. The average molecular weight is 388 g/mol. The van der Waals surface area contributed by atoms with Gasteiger partial charge in [0.2, 0.25) is 5.95 Å². The van der Waals surface area contributed by atoms with E-state index < -0.39 is 17.6 Å². The van der Waals surface area contributed by atoms with E-state index in [2.05, 4.69) is 20.6 Å². The van der Waals surface area contributed by atoms with E-state index in [0.29, 0.717) is 17.1 Å². The molecule has 0 unspecified atom stereocenters. The highest BCUT2D eigenvalue weighted by atomic mass is 19.4. The van der Waals surface area contributed by atoms with Crippen molar-refractivity contribution in [1.29, 1.82) is 0 Å². The van der Waals surface area contributed by atoms with Crippen LogP contribution in [0, 0.1) is 0 Å². The number of carbonyl (C=O) groups is 1. The van der Waals surface area contributed by atoms with Crippen LogP contribution in [0.1, 0.15) is 15.9 Å². The molecule has 0 radical (unpaired) electrons. The molecule has 0 aliphatic heterocycles. The summed E-state index contributed by atoms with van der Waals surface area (Å²) in [5.41, 5.74) is 0.458. The number of benzene rings is 2. The van der Waals surface area contributed by atoms with Gasteiger partial charge in [0.1, 0.15) is 5.75 Å².